The number of alkyl halides is 3. The van der Waals surface area contributed by atoms with Crippen molar-refractivity contribution in [1.82, 2.24) is 15.3 Å². The first-order valence-electron chi connectivity index (χ1n) is 8.87. The van der Waals surface area contributed by atoms with E-state index in [-0.39, 0.29) is 17.2 Å². The summed E-state index contributed by atoms with van der Waals surface area (Å²) in [4.78, 5) is 32.6. The second kappa shape index (κ2) is 7.16. The average molecular weight is 412 g/mol. The summed E-state index contributed by atoms with van der Waals surface area (Å²) in [6.07, 6.45) is -3.37. The summed E-state index contributed by atoms with van der Waals surface area (Å²) in [6.45, 7) is 1.85. The summed E-state index contributed by atoms with van der Waals surface area (Å²) >= 11 is 0. The number of aromatic nitrogens is 2. The number of hydrogen-bond donors (Lipinski definition) is 2. The number of amides is 1. The van der Waals surface area contributed by atoms with Crippen molar-refractivity contribution in [3.8, 4) is 0 Å². The molecule has 1 atom stereocenters. The Labute approximate surface area is 164 Å². The number of benzene rings is 1. The van der Waals surface area contributed by atoms with E-state index < -0.39 is 40.5 Å². The van der Waals surface area contributed by atoms with Crippen molar-refractivity contribution in [3.05, 3.63) is 57.3 Å². The molecule has 29 heavy (non-hydrogen) atoms. The second-order valence-electron chi connectivity index (χ2n) is 7.65. The van der Waals surface area contributed by atoms with Crippen LogP contribution in [0.15, 0.2) is 29.1 Å². The minimum absolute atomic E-state index is 0.140. The van der Waals surface area contributed by atoms with E-state index in [4.69, 9.17) is 0 Å². The van der Waals surface area contributed by atoms with Gasteiger partial charge in [-0.1, -0.05) is 13.0 Å². The van der Waals surface area contributed by atoms with Gasteiger partial charge >= 0.3 is 6.18 Å². The van der Waals surface area contributed by atoms with Crippen LogP contribution >= 0.6 is 0 Å². The Hall–Kier alpha value is -2.91. The van der Waals surface area contributed by atoms with Crippen LogP contribution in [-0.4, -0.2) is 30.0 Å². The van der Waals surface area contributed by atoms with E-state index in [1.165, 1.54) is 4.90 Å². The largest absolute Gasteiger partial charge is 0.419 e. The Morgan fingerprint density at radius 2 is 1.93 bits per heavy atom. The highest BCUT2D eigenvalue weighted by molar-refractivity contribution is 5.92. The molecule has 2 aromatic rings. The molecule has 0 aliphatic heterocycles. The Morgan fingerprint density at radius 1 is 1.28 bits per heavy atom. The smallest absolute Gasteiger partial charge is 0.348 e. The number of halogens is 4. The van der Waals surface area contributed by atoms with Gasteiger partial charge in [-0.25, -0.2) is 9.37 Å². The third-order valence-electron chi connectivity index (χ3n) is 5.03. The molecule has 0 radical (unpaired) electrons. The molecule has 0 saturated heterocycles. The fraction of sp³-hybridized carbons (Fsp3) is 0.421. The van der Waals surface area contributed by atoms with Crippen molar-refractivity contribution < 1.29 is 22.4 Å². The van der Waals surface area contributed by atoms with E-state index in [1.807, 2.05) is 6.92 Å². The summed E-state index contributed by atoms with van der Waals surface area (Å²) in [5.74, 6) is -1.89. The Bertz CT molecular complexity index is 996. The topological polar surface area (TPSA) is 78.1 Å². The third-order valence-corrected chi connectivity index (χ3v) is 5.03. The fourth-order valence-electron chi connectivity index (χ4n) is 3.06. The van der Waals surface area contributed by atoms with Crippen LogP contribution in [0.3, 0.4) is 0 Å². The molecule has 3 rings (SSSR count). The first-order valence-corrected chi connectivity index (χ1v) is 8.87. The molecule has 0 bridgehead atoms. The minimum atomic E-state index is -4.80. The highest BCUT2D eigenvalue weighted by Gasteiger charge is 2.47. The number of rotatable bonds is 5. The zero-order valence-corrected chi connectivity index (χ0v) is 16.0. The molecule has 1 aromatic heterocycles. The molecule has 6 nitrogen and oxygen atoms in total. The number of aromatic amines is 1. The van der Waals surface area contributed by atoms with Crippen molar-refractivity contribution >= 4 is 11.9 Å². The number of carbonyl (C=O) groups is 1. The molecule has 156 valence electrons. The van der Waals surface area contributed by atoms with Gasteiger partial charge in [0.05, 0.1) is 11.6 Å². The lowest BCUT2D eigenvalue weighted by molar-refractivity contribution is -0.140. The molecule has 0 spiro atoms. The molecule has 0 unspecified atom stereocenters. The van der Waals surface area contributed by atoms with Gasteiger partial charge in [-0.05, 0) is 36.0 Å². The van der Waals surface area contributed by atoms with Crippen LogP contribution in [-0.2, 0) is 6.18 Å². The number of carbonyl (C=O) groups excluding carboxylic acids is 1. The van der Waals surface area contributed by atoms with E-state index in [0.29, 0.717) is 18.9 Å². The maximum atomic E-state index is 14.1. The van der Waals surface area contributed by atoms with Crippen LogP contribution in [0.2, 0.25) is 0 Å². The molecular formula is C19H20F4N4O2. The van der Waals surface area contributed by atoms with Crippen molar-refractivity contribution in [2.24, 2.45) is 5.41 Å². The van der Waals surface area contributed by atoms with Crippen LogP contribution in [0.4, 0.5) is 23.5 Å². The van der Waals surface area contributed by atoms with Gasteiger partial charge in [0.2, 0.25) is 5.95 Å². The van der Waals surface area contributed by atoms with Gasteiger partial charge in [0.1, 0.15) is 11.5 Å². The molecule has 1 heterocycles. The van der Waals surface area contributed by atoms with Crippen LogP contribution < -0.4 is 15.8 Å². The van der Waals surface area contributed by atoms with Gasteiger partial charge in [0.25, 0.3) is 11.5 Å². The SMILES string of the molecule is CN(C)c1nc(C(=O)N[C@@H](c2ccc(C(F)(F)F)c(F)c2)C2(C)CC2)cc(=O)[nH]1. The number of hydrogen-bond acceptors (Lipinski definition) is 4. The summed E-state index contributed by atoms with van der Waals surface area (Å²) in [7, 11) is 3.28. The van der Waals surface area contributed by atoms with Gasteiger partial charge in [-0.2, -0.15) is 13.2 Å². The van der Waals surface area contributed by atoms with Gasteiger partial charge < -0.3 is 10.2 Å². The predicted octanol–water partition coefficient (Wildman–Crippen LogP) is 3.27. The molecule has 2 N–H and O–H groups in total. The first kappa shape index (κ1) is 20.8. The predicted molar refractivity (Wildman–Crippen MR) is 98.1 cm³/mol. The normalized spacial score (nSPS) is 16.2. The van der Waals surface area contributed by atoms with Crippen LogP contribution in [0.1, 0.15) is 47.4 Å². The van der Waals surface area contributed by atoms with Crippen LogP contribution in [0, 0.1) is 11.2 Å². The lowest BCUT2D eigenvalue weighted by Gasteiger charge is -2.26. The molecule has 1 aromatic carbocycles. The summed E-state index contributed by atoms with van der Waals surface area (Å²) < 4.78 is 52.6. The second-order valence-corrected chi connectivity index (χ2v) is 7.65. The van der Waals surface area contributed by atoms with Gasteiger partial charge in [-0.15, -0.1) is 0 Å². The van der Waals surface area contributed by atoms with Gasteiger partial charge in [0, 0.05) is 20.2 Å². The number of nitrogens with zero attached hydrogens (tertiary/aromatic N) is 2. The molecular weight excluding hydrogens is 392 g/mol. The Morgan fingerprint density at radius 3 is 2.45 bits per heavy atom. The number of anilines is 1. The highest BCUT2D eigenvalue weighted by atomic mass is 19.4. The molecule has 1 fully saturated rings. The average Bonchev–Trinajstić information content (AvgIpc) is 3.36. The van der Waals surface area contributed by atoms with E-state index in [1.54, 1.807) is 14.1 Å². The van der Waals surface area contributed by atoms with Crippen LogP contribution in [0.25, 0.3) is 0 Å². The Balaban J connectivity index is 1.93. The van der Waals surface area contributed by atoms with E-state index in [9.17, 15) is 27.2 Å². The monoisotopic (exact) mass is 412 g/mol. The van der Waals surface area contributed by atoms with Crippen LogP contribution in [0.5, 0.6) is 0 Å². The van der Waals surface area contributed by atoms with E-state index >= 15 is 0 Å². The first-order chi connectivity index (χ1) is 13.4. The summed E-state index contributed by atoms with van der Waals surface area (Å²) in [5, 5.41) is 2.71. The molecule has 1 aliphatic carbocycles. The maximum absolute atomic E-state index is 14.1. The number of nitrogens with one attached hydrogen (secondary N) is 2. The maximum Gasteiger partial charge on any atom is 0.419 e. The quantitative estimate of drug-likeness (QED) is 0.739. The van der Waals surface area contributed by atoms with E-state index in [2.05, 4.69) is 15.3 Å². The van der Waals surface area contributed by atoms with Crippen molar-refractivity contribution in [3.63, 3.8) is 0 Å². The van der Waals surface area contributed by atoms with Crippen molar-refractivity contribution in [2.75, 3.05) is 19.0 Å². The summed E-state index contributed by atoms with van der Waals surface area (Å²) in [5.41, 5.74) is -2.23. The zero-order chi connectivity index (χ0) is 21.6. The molecule has 1 amide bonds. The fourth-order valence-corrected chi connectivity index (χ4v) is 3.06. The number of H-pyrrole nitrogens is 1. The zero-order valence-electron chi connectivity index (χ0n) is 16.0. The summed E-state index contributed by atoms with van der Waals surface area (Å²) in [6, 6.07) is 2.94. The molecule has 1 aliphatic rings. The Kier molecular flexibility index (Phi) is 5.14. The molecule has 1 saturated carbocycles. The third kappa shape index (κ3) is 4.41. The van der Waals surface area contributed by atoms with E-state index in [0.717, 1.165) is 18.2 Å². The minimum Gasteiger partial charge on any atom is -0.348 e. The molecule has 10 heteroatoms. The van der Waals surface area contributed by atoms with Gasteiger partial charge in [0.15, 0.2) is 0 Å². The van der Waals surface area contributed by atoms with Crippen molar-refractivity contribution in [1.29, 1.82) is 0 Å². The lowest BCUT2D eigenvalue weighted by Crippen LogP contribution is -2.35. The van der Waals surface area contributed by atoms with Crippen molar-refractivity contribution in [2.45, 2.75) is 32.0 Å². The highest BCUT2D eigenvalue weighted by Crippen LogP contribution is 2.54. The standard InChI is InChI=1S/C19H20F4N4O2/c1-18(6-7-18)15(10-4-5-11(12(20)8-10)19(21,22)23)26-16(29)13-9-14(28)25-17(24-13)27(2)3/h4-5,8-9,15H,6-7H2,1-3H3,(H,26,29)(H,24,25,28)/t15-/m0/s1. The van der Waals surface area contributed by atoms with Gasteiger partial charge in [-0.3, -0.25) is 14.6 Å². The lowest BCUT2D eigenvalue weighted by atomic mass is 9.90.